The van der Waals surface area contributed by atoms with E-state index in [0.717, 1.165) is 22.4 Å². The number of phenols is 1. The molecule has 1 unspecified atom stereocenters. The number of aromatic hydroxyl groups is 1. The number of carbonyl (C=O) groups excluding carboxylic acids is 1. The van der Waals surface area contributed by atoms with Crippen molar-refractivity contribution in [2.45, 2.75) is 59.7 Å². The first kappa shape index (κ1) is 21.7. The van der Waals surface area contributed by atoms with Crippen molar-refractivity contribution in [1.82, 2.24) is 0 Å². The Morgan fingerprint density at radius 2 is 2.03 bits per heavy atom. The summed E-state index contributed by atoms with van der Waals surface area (Å²) in [6.07, 6.45) is 6.42. The third-order valence-corrected chi connectivity index (χ3v) is 5.00. The van der Waals surface area contributed by atoms with Crippen LogP contribution in [0.4, 0.5) is 0 Å². The number of ether oxygens (including phenoxy) is 2. The van der Waals surface area contributed by atoms with E-state index in [2.05, 4.69) is 0 Å². The standard InChI is InChI=1S/C26H30O4/c1-6-7-18-14-19(9-13-24(18)29-17(4)5)25-15-23(28)21-11-12-22(27)20(26(21)30-25)10-8-16(2)3/h6-9,11-14,17,25,27H,10,15H2,1-5H3. The quantitative estimate of drug-likeness (QED) is 0.562. The van der Waals surface area contributed by atoms with Gasteiger partial charge < -0.3 is 14.6 Å². The number of allylic oxidation sites excluding steroid dienone is 3. The lowest BCUT2D eigenvalue weighted by Crippen LogP contribution is -2.21. The molecule has 4 nitrogen and oxygen atoms in total. The van der Waals surface area contributed by atoms with E-state index in [0.29, 0.717) is 23.3 Å². The zero-order chi connectivity index (χ0) is 21.8. The number of hydrogen-bond acceptors (Lipinski definition) is 4. The summed E-state index contributed by atoms with van der Waals surface area (Å²) in [5, 5.41) is 10.4. The van der Waals surface area contributed by atoms with Crippen molar-refractivity contribution in [3.05, 3.63) is 70.3 Å². The van der Waals surface area contributed by atoms with Gasteiger partial charge in [0.1, 0.15) is 23.4 Å². The van der Waals surface area contributed by atoms with E-state index >= 15 is 0 Å². The normalized spacial score (nSPS) is 15.8. The number of hydrogen-bond donors (Lipinski definition) is 1. The number of ketones is 1. The van der Waals surface area contributed by atoms with Gasteiger partial charge in [-0.1, -0.05) is 29.9 Å². The van der Waals surface area contributed by atoms with Crippen molar-refractivity contribution >= 4 is 11.9 Å². The first-order chi connectivity index (χ1) is 14.3. The monoisotopic (exact) mass is 406 g/mol. The van der Waals surface area contributed by atoms with Gasteiger partial charge in [-0.15, -0.1) is 0 Å². The molecular formula is C26H30O4. The number of rotatable bonds is 6. The second kappa shape index (κ2) is 9.21. The Bertz CT molecular complexity index is 994. The minimum Gasteiger partial charge on any atom is -0.508 e. The molecule has 4 heteroatoms. The molecule has 2 aromatic carbocycles. The Morgan fingerprint density at radius 1 is 1.27 bits per heavy atom. The second-order valence-corrected chi connectivity index (χ2v) is 8.12. The molecule has 30 heavy (non-hydrogen) atoms. The predicted octanol–water partition coefficient (Wildman–Crippen LogP) is 6.43. The Hall–Kier alpha value is -3.01. The maximum absolute atomic E-state index is 12.9. The highest BCUT2D eigenvalue weighted by molar-refractivity contribution is 6.00. The van der Waals surface area contributed by atoms with Crippen LogP contribution < -0.4 is 9.47 Å². The van der Waals surface area contributed by atoms with Gasteiger partial charge in [0.05, 0.1) is 18.1 Å². The first-order valence-electron chi connectivity index (χ1n) is 10.4. The molecule has 2 aromatic rings. The summed E-state index contributed by atoms with van der Waals surface area (Å²) in [6.45, 7) is 9.96. The van der Waals surface area contributed by atoms with E-state index in [1.165, 1.54) is 0 Å². The highest BCUT2D eigenvalue weighted by Crippen LogP contribution is 2.42. The third kappa shape index (κ3) is 4.76. The molecule has 1 N–H and O–H groups in total. The average molecular weight is 407 g/mol. The van der Waals surface area contributed by atoms with Gasteiger partial charge in [0.2, 0.25) is 0 Å². The highest BCUT2D eigenvalue weighted by Gasteiger charge is 2.30. The molecule has 0 saturated carbocycles. The molecule has 0 radical (unpaired) electrons. The zero-order valence-electron chi connectivity index (χ0n) is 18.4. The van der Waals surface area contributed by atoms with Gasteiger partial charge in [0, 0.05) is 11.1 Å². The fourth-order valence-corrected chi connectivity index (χ4v) is 3.56. The van der Waals surface area contributed by atoms with Crippen LogP contribution in [0.2, 0.25) is 0 Å². The van der Waals surface area contributed by atoms with Crippen LogP contribution in [0.15, 0.2) is 48.1 Å². The minimum atomic E-state index is -0.408. The van der Waals surface area contributed by atoms with E-state index in [-0.39, 0.29) is 24.1 Å². The van der Waals surface area contributed by atoms with Gasteiger partial charge in [-0.2, -0.15) is 0 Å². The van der Waals surface area contributed by atoms with Crippen LogP contribution in [0.1, 0.15) is 74.2 Å². The molecule has 158 valence electrons. The van der Waals surface area contributed by atoms with E-state index in [9.17, 15) is 9.90 Å². The molecule has 0 bridgehead atoms. The lowest BCUT2D eigenvalue weighted by Gasteiger charge is -2.28. The number of fused-ring (bicyclic) bond motifs is 1. The van der Waals surface area contributed by atoms with Crippen molar-refractivity contribution in [3.63, 3.8) is 0 Å². The molecule has 1 heterocycles. The van der Waals surface area contributed by atoms with Crippen LogP contribution in [0.25, 0.3) is 6.08 Å². The molecule has 1 aliphatic rings. The Kier molecular flexibility index (Phi) is 6.66. The van der Waals surface area contributed by atoms with E-state index in [4.69, 9.17) is 9.47 Å². The second-order valence-electron chi connectivity index (χ2n) is 8.12. The van der Waals surface area contributed by atoms with Crippen LogP contribution in [-0.2, 0) is 6.42 Å². The van der Waals surface area contributed by atoms with E-state index < -0.39 is 6.10 Å². The maximum atomic E-state index is 12.9. The molecule has 0 spiro atoms. The molecule has 0 saturated heterocycles. The van der Waals surface area contributed by atoms with Gasteiger partial charge in [-0.05, 0) is 70.9 Å². The van der Waals surface area contributed by atoms with E-state index in [1.807, 2.05) is 71.0 Å². The Labute approximate surface area is 178 Å². The molecule has 0 fully saturated rings. The van der Waals surface area contributed by atoms with Crippen LogP contribution >= 0.6 is 0 Å². The molecular weight excluding hydrogens is 376 g/mol. The minimum absolute atomic E-state index is 0.0230. The van der Waals surface area contributed by atoms with Crippen molar-refractivity contribution in [1.29, 1.82) is 0 Å². The van der Waals surface area contributed by atoms with E-state index in [1.54, 1.807) is 12.1 Å². The fraction of sp³-hybridized carbons (Fsp3) is 0.346. The SMILES string of the molecule is CC=Cc1cc(C2CC(=O)c3ccc(O)c(CC=C(C)C)c3O2)ccc1OC(C)C. The summed E-state index contributed by atoms with van der Waals surface area (Å²) in [5.41, 5.74) is 4.19. The topological polar surface area (TPSA) is 55.8 Å². The van der Waals surface area contributed by atoms with Crippen molar-refractivity contribution in [3.8, 4) is 17.2 Å². The molecule has 1 atom stereocenters. The van der Waals surface area contributed by atoms with Crippen LogP contribution in [0.3, 0.4) is 0 Å². The van der Waals surface area contributed by atoms with Crippen LogP contribution in [0.5, 0.6) is 17.2 Å². The van der Waals surface area contributed by atoms with Crippen LogP contribution in [0, 0.1) is 0 Å². The summed E-state index contributed by atoms with van der Waals surface area (Å²) in [5.74, 6) is 1.46. The first-order valence-corrected chi connectivity index (χ1v) is 10.4. The smallest absolute Gasteiger partial charge is 0.170 e. The predicted molar refractivity (Wildman–Crippen MR) is 120 cm³/mol. The van der Waals surface area contributed by atoms with Crippen molar-refractivity contribution < 1.29 is 19.4 Å². The summed E-state index contributed by atoms with van der Waals surface area (Å²) >= 11 is 0. The number of Topliss-reactive ketones (excluding diaryl/α,β-unsaturated/α-hetero) is 1. The van der Waals surface area contributed by atoms with Gasteiger partial charge >= 0.3 is 0 Å². The lowest BCUT2D eigenvalue weighted by molar-refractivity contribution is 0.0847. The molecule has 0 aromatic heterocycles. The fourth-order valence-electron chi connectivity index (χ4n) is 3.56. The lowest BCUT2D eigenvalue weighted by atomic mass is 9.92. The number of phenolic OH excluding ortho intramolecular Hbond substituents is 1. The van der Waals surface area contributed by atoms with Crippen LogP contribution in [-0.4, -0.2) is 17.0 Å². The molecule has 0 amide bonds. The average Bonchev–Trinajstić information content (AvgIpc) is 2.68. The summed E-state index contributed by atoms with van der Waals surface area (Å²) < 4.78 is 12.2. The molecule has 3 rings (SSSR count). The Balaban J connectivity index is 2.00. The summed E-state index contributed by atoms with van der Waals surface area (Å²) in [7, 11) is 0. The summed E-state index contributed by atoms with van der Waals surface area (Å²) in [6, 6.07) is 9.13. The number of benzene rings is 2. The maximum Gasteiger partial charge on any atom is 0.170 e. The number of carbonyl (C=O) groups is 1. The van der Waals surface area contributed by atoms with Gasteiger partial charge in [-0.25, -0.2) is 0 Å². The summed E-state index contributed by atoms with van der Waals surface area (Å²) in [4.78, 5) is 12.9. The zero-order valence-corrected chi connectivity index (χ0v) is 18.4. The third-order valence-electron chi connectivity index (χ3n) is 5.00. The highest BCUT2D eigenvalue weighted by atomic mass is 16.5. The Morgan fingerprint density at radius 3 is 2.70 bits per heavy atom. The van der Waals surface area contributed by atoms with Crippen molar-refractivity contribution in [2.75, 3.05) is 0 Å². The molecule has 0 aliphatic carbocycles. The largest absolute Gasteiger partial charge is 0.508 e. The molecule has 1 aliphatic heterocycles. The van der Waals surface area contributed by atoms with Gasteiger partial charge in [0.15, 0.2) is 5.78 Å². The van der Waals surface area contributed by atoms with Gasteiger partial charge in [0.25, 0.3) is 0 Å². The van der Waals surface area contributed by atoms with Gasteiger partial charge in [-0.3, -0.25) is 4.79 Å². The van der Waals surface area contributed by atoms with Crippen molar-refractivity contribution in [2.24, 2.45) is 0 Å².